The van der Waals surface area contributed by atoms with E-state index < -0.39 is 5.60 Å². The van der Waals surface area contributed by atoms with E-state index in [1.807, 2.05) is 30.3 Å². The summed E-state index contributed by atoms with van der Waals surface area (Å²) in [6.07, 6.45) is 0. The molecule has 0 amide bonds. The first-order valence-corrected chi connectivity index (χ1v) is 6.25. The number of hydrogen-bond donors (Lipinski definition) is 1. The van der Waals surface area contributed by atoms with Gasteiger partial charge in [-0.05, 0) is 12.6 Å². The fourth-order valence-electron chi connectivity index (χ4n) is 3.33. The number of ether oxygens (including phenoxy) is 1. The lowest BCUT2D eigenvalue weighted by atomic mass is 9.68. The smallest absolute Gasteiger partial charge is 0.102 e. The van der Waals surface area contributed by atoms with Gasteiger partial charge in [0.15, 0.2) is 0 Å². The van der Waals surface area contributed by atoms with E-state index in [0.29, 0.717) is 13.2 Å². The minimum atomic E-state index is -0.702. The van der Waals surface area contributed by atoms with Crippen molar-refractivity contribution in [3.05, 3.63) is 35.9 Å². The number of likely N-dealkylation sites (tertiary alicyclic amines) is 1. The second-order valence-electron chi connectivity index (χ2n) is 5.34. The Morgan fingerprint density at radius 3 is 2.35 bits per heavy atom. The first-order valence-electron chi connectivity index (χ1n) is 6.25. The Hall–Kier alpha value is -0.900. The molecule has 2 heterocycles. The van der Waals surface area contributed by atoms with Crippen LogP contribution < -0.4 is 0 Å². The van der Waals surface area contributed by atoms with Crippen LogP contribution in [0, 0.1) is 11.8 Å². The summed E-state index contributed by atoms with van der Waals surface area (Å²) in [5.41, 5.74) is 0.345. The molecule has 2 bridgehead atoms. The monoisotopic (exact) mass is 233 g/mol. The molecule has 2 aliphatic rings. The van der Waals surface area contributed by atoms with Gasteiger partial charge in [0, 0.05) is 24.9 Å². The Bertz CT molecular complexity index is 378. The maximum absolute atomic E-state index is 11.1. The number of piperidine rings is 1. The molecule has 0 unspecified atom stereocenters. The van der Waals surface area contributed by atoms with Gasteiger partial charge in [0.1, 0.15) is 5.60 Å². The predicted molar refractivity (Wildman–Crippen MR) is 65.6 cm³/mol. The average molecular weight is 233 g/mol. The van der Waals surface area contributed by atoms with Gasteiger partial charge in [-0.15, -0.1) is 0 Å². The van der Waals surface area contributed by atoms with E-state index in [2.05, 4.69) is 11.9 Å². The molecular formula is C14H19NO2. The molecule has 0 aromatic heterocycles. The zero-order valence-electron chi connectivity index (χ0n) is 10.2. The van der Waals surface area contributed by atoms with Gasteiger partial charge in [-0.3, -0.25) is 0 Å². The number of rotatable bonds is 1. The standard InChI is InChI=1S/C14H19NO2/c1-15-7-12-9-17-10-13(8-15)14(12,16)11-5-3-2-4-6-11/h2-6,12-13,16H,7-10H2,1H3/t12-,13-/m0/s1. The molecule has 1 N–H and O–H groups in total. The van der Waals surface area contributed by atoms with E-state index in [-0.39, 0.29) is 11.8 Å². The molecule has 1 aromatic rings. The van der Waals surface area contributed by atoms with E-state index in [1.54, 1.807) is 0 Å². The van der Waals surface area contributed by atoms with Crippen LogP contribution in [-0.4, -0.2) is 43.4 Å². The predicted octanol–water partition coefficient (Wildman–Crippen LogP) is 1.08. The first-order chi connectivity index (χ1) is 8.21. The molecule has 2 saturated heterocycles. The van der Waals surface area contributed by atoms with Gasteiger partial charge in [-0.1, -0.05) is 30.3 Å². The molecule has 1 aromatic carbocycles. The summed E-state index contributed by atoms with van der Waals surface area (Å²) in [5, 5.41) is 11.1. The lowest BCUT2D eigenvalue weighted by Gasteiger charge is -2.52. The number of fused-ring (bicyclic) bond motifs is 2. The summed E-state index contributed by atoms with van der Waals surface area (Å²) >= 11 is 0. The Labute approximate surface area is 102 Å². The van der Waals surface area contributed by atoms with E-state index >= 15 is 0 Å². The highest BCUT2D eigenvalue weighted by molar-refractivity contribution is 5.26. The van der Waals surface area contributed by atoms with Crippen LogP contribution in [0.25, 0.3) is 0 Å². The molecule has 0 aliphatic carbocycles. The number of benzene rings is 1. The van der Waals surface area contributed by atoms with Gasteiger partial charge in [0.25, 0.3) is 0 Å². The van der Waals surface area contributed by atoms with Crippen molar-refractivity contribution in [1.82, 2.24) is 4.90 Å². The van der Waals surface area contributed by atoms with Crippen LogP contribution in [0.1, 0.15) is 5.56 Å². The van der Waals surface area contributed by atoms with Crippen LogP contribution >= 0.6 is 0 Å². The SMILES string of the molecule is CN1C[C@H]2COC[C@H](C1)C2(O)c1ccccc1. The number of nitrogens with zero attached hydrogens (tertiary/aromatic N) is 1. The van der Waals surface area contributed by atoms with Gasteiger partial charge in [0.2, 0.25) is 0 Å². The fraction of sp³-hybridized carbons (Fsp3) is 0.571. The van der Waals surface area contributed by atoms with Crippen molar-refractivity contribution >= 4 is 0 Å². The Morgan fingerprint density at radius 1 is 1.18 bits per heavy atom. The average Bonchev–Trinajstić information content (AvgIpc) is 2.32. The summed E-state index contributed by atoms with van der Waals surface area (Å²) < 4.78 is 5.62. The third-order valence-corrected chi connectivity index (χ3v) is 4.18. The minimum Gasteiger partial charge on any atom is -0.384 e. The van der Waals surface area contributed by atoms with Crippen molar-refractivity contribution in [3.63, 3.8) is 0 Å². The first kappa shape index (κ1) is 11.2. The molecule has 2 fully saturated rings. The van der Waals surface area contributed by atoms with Crippen LogP contribution in [0.5, 0.6) is 0 Å². The van der Waals surface area contributed by atoms with E-state index in [4.69, 9.17) is 4.74 Å². The Kier molecular flexibility index (Phi) is 2.69. The molecule has 3 nitrogen and oxygen atoms in total. The fourth-order valence-corrected chi connectivity index (χ4v) is 3.33. The molecule has 92 valence electrons. The van der Waals surface area contributed by atoms with Gasteiger partial charge in [-0.25, -0.2) is 0 Å². The highest BCUT2D eigenvalue weighted by Crippen LogP contribution is 2.43. The van der Waals surface area contributed by atoms with Gasteiger partial charge < -0.3 is 14.7 Å². The summed E-state index contributed by atoms with van der Waals surface area (Å²) in [6.45, 7) is 3.13. The number of aliphatic hydroxyl groups is 1. The van der Waals surface area contributed by atoms with Crippen molar-refractivity contribution in [1.29, 1.82) is 0 Å². The molecule has 2 aliphatic heterocycles. The molecular weight excluding hydrogens is 214 g/mol. The summed E-state index contributed by atoms with van der Waals surface area (Å²) in [6, 6.07) is 10.1. The van der Waals surface area contributed by atoms with E-state index in [1.165, 1.54) is 0 Å². The molecule has 0 radical (unpaired) electrons. The van der Waals surface area contributed by atoms with Crippen molar-refractivity contribution < 1.29 is 9.84 Å². The van der Waals surface area contributed by atoms with Crippen molar-refractivity contribution in [2.75, 3.05) is 33.4 Å². The van der Waals surface area contributed by atoms with Crippen molar-refractivity contribution in [2.24, 2.45) is 11.8 Å². The largest absolute Gasteiger partial charge is 0.384 e. The Balaban J connectivity index is 2.00. The van der Waals surface area contributed by atoms with Crippen LogP contribution in [-0.2, 0) is 10.3 Å². The lowest BCUT2D eigenvalue weighted by Crippen LogP contribution is -2.60. The minimum absolute atomic E-state index is 0.183. The summed E-state index contributed by atoms with van der Waals surface area (Å²) in [4.78, 5) is 2.30. The van der Waals surface area contributed by atoms with Gasteiger partial charge in [-0.2, -0.15) is 0 Å². The van der Waals surface area contributed by atoms with E-state index in [0.717, 1.165) is 18.7 Å². The van der Waals surface area contributed by atoms with Crippen molar-refractivity contribution in [3.8, 4) is 0 Å². The van der Waals surface area contributed by atoms with Gasteiger partial charge >= 0.3 is 0 Å². The van der Waals surface area contributed by atoms with Crippen LogP contribution in [0.15, 0.2) is 30.3 Å². The van der Waals surface area contributed by atoms with Gasteiger partial charge in [0.05, 0.1) is 13.2 Å². The number of hydrogen-bond acceptors (Lipinski definition) is 3. The maximum atomic E-state index is 11.1. The van der Waals surface area contributed by atoms with Crippen molar-refractivity contribution in [2.45, 2.75) is 5.60 Å². The topological polar surface area (TPSA) is 32.7 Å². The Morgan fingerprint density at radius 2 is 1.76 bits per heavy atom. The third-order valence-electron chi connectivity index (χ3n) is 4.18. The summed E-state index contributed by atoms with van der Waals surface area (Å²) in [7, 11) is 2.12. The molecule has 2 atom stereocenters. The van der Waals surface area contributed by atoms with E-state index in [9.17, 15) is 5.11 Å². The van der Waals surface area contributed by atoms with Crippen LogP contribution in [0.4, 0.5) is 0 Å². The second-order valence-corrected chi connectivity index (χ2v) is 5.34. The second kappa shape index (κ2) is 4.09. The zero-order chi connectivity index (χ0) is 11.9. The zero-order valence-corrected chi connectivity index (χ0v) is 10.2. The highest BCUT2D eigenvalue weighted by atomic mass is 16.5. The maximum Gasteiger partial charge on any atom is 0.102 e. The third kappa shape index (κ3) is 1.69. The molecule has 0 saturated carbocycles. The molecule has 17 heavy (non-hydrogen) atoms. The highest BCUT2D eigenvalue weighted by Gasteiger charge is 2.51. The van der Waals surface area contributed by atoms with Crippen LogP contribution in [0.3, 0.4) is 0 Å². The summed E-state index contributed by atoms with van der Waals surface area (Å²) in [5.74, 6) is 0.366. The molecule has 3 rings (SSSR count). The van der Waals surface area contributed by atoms with Crippen LogP contribution in [0.2, 0.25) is 0 Å². The molecule has 0 spiro atoms. The lowest BCUT2D eigenvalue weighted by molar-refractivity contribution is -0.195. The normalized spacial score (nSPS) is 38.0. The quantitative estimate of drug-likeness (QED) is 0.788. The molecule has 3 heteroatoms.